The Morgan fingerprint density at radius 2 is 2.00 bits per heavy atom. The topological polar surface area (TPSA) is 89.0 Å². The second-order valence-corrected chi connectivity index (χ2v) is 9.38. The Kier molecular flexibility index (Phi) is 5.31. The lowest BCUT2D eigenvalue weighted by atomic mass is 10.0. The van der Waals surface area contributed by atoms with Crippen LogP contribution in [-0.4, -0.2) is 26.8 Å². The average molecular weight is 498 g/mol. The van der Waals surface area contributed by atoms with Crippen LogP contribution in [0, 0.1) is 0 Å². The summed E-state index contributed by atoms with van der Waals surface area (Å²) < 4.78 is 7.22. The molecule has 5 rings (SSSR count). The van der Waals surface area contributed by atoms with Crippen LogP contribution in [0.15, 0.2) is 52.1 Å². The molecule has 0 unspecified atom stereocenters. The van der Waals surface area contributed by atoms with E-state index in [4.69, 9.17) is 4.74 Å². The van der Waals surface area contributed by atoms with E-state index in [2.05, 4.69) is 48.7 Å². The van der Waals surface area contributed by atoms with Crippen molar-refractivity contribution >= 4 is 45.0 Å². The largest absolute Gasteiger partial charge is 0.435 e. The van der Waals surface area contributed by atoms with E-state index in [1.165, 1.54) is 0 Å². The van der Waals surface area contributed by atoms with E-state index in [1.54, 1.807) is 11.8 Å². The molecule has 2 aromatic carbocycles. The summed E-state index contributed by atoms with van der Waals surface area (Å²) in [4.78, 5) is 17.9. The molecule has 0 saturated heterocycles. The SMILES string of the molecule is CCCCCSc1nnc2c(n1)O[C@]1(Nc3ccccc3-2)C(=O)Nc2ccc(Br)cc21. The van der Waals surface area contributed by atoms with Gasteiger partial charge in [-0.15, -0.1) is 10.2 Å². The van der Waals surface area contributed by atoms with Crippen LogP contribution in [0.5, 0.6) is 5.88 Å². The van der Waals surface area contributed by atoms with E-state index in [-0.39, 0.29) is 11.8 Å². The summed E-state index contributed by atoms with van der Waals surface area (Å²) in [5, 5.41) is 15.5. The number of hydrogen-bond acceptors (Lipinski definition) is 7. The Hall–Kier alpha value is -2.65. The third kappa shape index (κ3) is 3.55. The lowest BCUT2D eigenvalue weighted by Crippen LogP contribution is -2.47. The molecule has 158 valence electrons. The molecule has 3 heterocycles. The van der Waals surface area contributed by atoms with Crippen LogP contribution in [0.4, 0.5) is 11.4 Å². The Morgan fingerprint density at radius 3 is 2.87 bits per heavy atom. The van der Waals surface area contributed by atoms with Crippen LogP contribution >= 0.6 is 27.7 Å². The summed E-state index contributed by atoms with van der Waals surface area (Å²) in [6.07, 6.45) is 3.40. The Bertz CT molecular complexity index is 1170. The predicted octanol–water partition coefficient (Wildman–Crippen LogP) is 5.19. The van der Waals surface area contributed by atoms with E-state index >= 15 is 0 Å². The van der Waals surface area contributed by atoms with Crippen molar-refractivity contribution in [3.63, 3.8) is 0 Å². The van der Waals surface area contributed by atoms with E-state index in [0.29, 0.717) is 22.1 Å². The molecule has 0 fully saturated rings. The zero-order chi connectivity index (χ0) is 21.4. The highest BCUT2D eigenvalue weighted by atomic mass is 79.9. The summed E-state index contributed by atoms with van der Waals surface area (Å²) in [6.45, 7) is 2.17. The van der Waals surface area contributed by atoms with Crippen molar-refractivity contribution in [2.45, 2.75) is 37.1 Å². The fourth-order valence-corrected chi connectivity index (χ4v) is 4.89. The van der Waals surface area contributed by atoms with Gasteiger partial charge in [0.15, 0.2) is 5.69 Å². The van der Waals surface area contributed by atoms with Gasteiger partial charge in [-0.3, -0.25) is 4.79 Å². The number of benzene rings is 2. The third-order valence-electron chi connectivity index (χ3n) is 5.29. The average Bonchev–Trinajstić information content (AvgIpc) is 2.93. The highest BCUT2D eigenvalue weighted by Gasteiger charge is 2.52. The molecule has 0 aliphatic carbocycles. The number of carbonyl (C=O) groups is 1. The predicted molar refractivity (Wildman–Crippen MR) is 124 cm³/mol. The summed E-state index contributed by atoms with van der Waals surface area (Å²) >= 11 is 5.05. The third-order valence-corrected chi connectivity index (χ3v) is 6.70. The van der Waals surface area contributed by atoms with Gasteiger partial charge in [0.05, 0.1) is 11.3 Å². The minimum absolute atomic E-state index is 0.286. The number of nitrogens with one attached hydrogen (secondary N) is 2. The highest BCUT2D eigenvalue weighted by Crippen LogP contribution is 2.47. The van der Waals surface area contributed by atoms with Crippen molar-refractivity contribution in [3.05, 3.63) is 52.5 Å². The second-order valence-electron chi connectivity index (χ2n) is 7.40. The van der Waals surface area contributed by atoms with Crippen molar-refractivity contribution < 1.29 is 9.53 Å². The minimum Gasteiger partial charge on any atom is -0.435 e. The molecule has 2 aliphatic heterocycles. The van der Waals surface area contributed by atoms with Gasteiger partial charge >= 0.3 is 0 Å². The Labute approximate surface area is 192 Å². The Balaban J connectivity index is 1.62. The van der Waals surface area contributed by atoms with Gasteiger partial charge in [0.1, 0.15) is 0 Å². The number of ether oxygens (including phenoxy) is 1. The molecule has 2 aliphatic rings. The molecule has 3 aromatic rings. The van der Waals surface area contributed by atoms with Crippen LogP contribution in [0.25, 0.3) is 11.3 Å². The molecule has 2 N–H and O–H groups in total. The van der Waals surface area contributed by atoms with Crippen LogP contribution in [0.3, 0.4) is 0 Å². The standard InChI is InChI=1S/C22H20BrN5O2S/c1-2-3-6-11-31-21-25-19-18(27-28-21)14-7-4-5-8-16(14)26-22(30-19)15-12-13(23)9-10-17(15)24-20(22)29/h4-5,7-10,12,26H,2-3,6,11H2,1H3,(H,24,29)/t22-/m0/s1. The summed E-state index contributed by atoms with van der Waals surface area (Å²) in [5.74, 6) is 0.886. The number of nitrogens with zero attached hydrogens (tertiary/aromatic N) is 3. The molecule has 7 nitrogen and oxygen atoms in total. The number of fused-ring (bicyclic) bond motifs is 5. The number of thioether (sulfide) groups is 1. The van der Waals surface area contributed by atoms with Crippen LogP contribution in [0.1, 0.15) is 31.7 Å². The van der Waals surface area contributed by atoms with Crippen molar-refractivity contribution in [2.24, 2.45) is 0 Å². The van der Waals surface area contributed by atoms with Gasteiger partial charge in [-0.2, -0.15) is 4.98 Å². The molecule has 1 aromatic heterocycles. The first-order valence-electron chi connectivity index (χ1n) is 10.2. The molecule has 1 amide bonds. The summed E-state index contributed by atoms with van der Waals surface area (Å²) in [7, 11) is 0. The zero-order valence-corrected chi connectivity index (χ0v) is 19.2. The van der Waals surface area contributed by atoms with Crippen molar-refractivity contribution in [2.75, 3.05) is 16.4 Å². The van der Waals surface area contributed by atoms with Gasteiger partial charge in [0.2, 0.25) is 11.0 Å². The van der Waals surface area contributed by atoms with Crippen LogP contribution in [0.2, 0.25) is 0 Å². The van der Waals surface area contributed by atoms with Crippen LogP contribution in [-0.2, 0) is 10.5 Å². The number of halogens is 1. The molecule has 0 saturated carbocycles. The van der Waals surface area contributed by atoms with Gasteiger partial charge in [0.25, 0.3) is 11.6 Å². The number of rotatable bonds is 5. The fraction of sp³-hybridized carbons (Fsp3) is 0.273. The zero-order valence-electron chi connectivity index (χ0n) is 16.8. The maximum absolute atomic E-state index is 13.2. The first-order valence-corrected chi connectivity index (χ1v) is 11.9. The van der Waals surface area contributed by atoms with Crippen molar-refractivity contribution in [1.82, 2.24) is 15.2 Å². The lowest BCUT2D eigenvalue weighted by molar-refractivity contribution is -0.128. The van der Waals surface area contributed by atoms with Gasteiger partial charge in [-0.25, -0.2) is 0 Å². The van der Waals surface area contributed by atoms with E-state index in [9.17, 15) is 4.79 Å². The van der Waals surface area contributed by atoms with Crippen LogP contribution < -0.4 is 15.4 Å². The smallest absolute Gasteiger partial charge is 0.295 e. The molecule has 0 bridgehead atoms. The maximum atomic E-state index is 13.2. The molecular formula is C22H20BrN5O2S. The van der Waals surface area contributed by atoms with E-state index in [1.807, 2.05) is 42.5 Å². The molecule has 31 heavy (non-hydrogen) atoms. The van der Waals surface area contributed by atoms with Crippen molar-refractivity contribution in [3.8, 4) is 17.1 Å². The van der Waals surface area contributed by atoms with E-state index < -0.39 is 5.72 Å². The number of hydrogen-bond donors (Lipinski definition) is 2. The maximum Gasteiger partial charge on any atom is 0.295 e. The Morgan fingerprint density at radius 1 is 1.13 bits per heavy atom. The summed E-state index contributed by atoms with van der Waals surface area (Å²) in [6, 6.07) is 13.2. The first kappa shape index (κ1) is 20.3. The van der Waals surface area contributed by atoms with Gasteiger partial charge < -0.3 is 15.4 Å². The first-order chi connectivity index (χ1) is 15.1. The number of carbonyl (C=O) groups excluding carboxylic acids is 1. The lowest BCUT2D eigenvalue weighted by Gasteiger charge is -2.28. The monoisotopic (exact) mass is 497 g/mol. The number of amides is 1. The molecule has 9 heteroatoms. The number of unbranched alkanes of at least 4 members (excludes halogenated alkanes) is 2. The van der Waals surface area contributed by atoms with Gasteiger partial charge in [-0.1, -0.05) is 65.7 Å². The molecule has 1 atom stereocenters. The minimum atomic E-state index is -1.46. The number of aromatic nitrogens is 3. The highest BCUT2D eigenvalue weighted by molar-refractivity contribution is 9.10. The molecule has 1 spiro atoms. The van der Waals surface area contributed by atoms with Gasteiger partial charge in [0, 0.05) is 21.5 Å². The van der Waals surface area contributed by atoms with E-state index in [0.717, 1.165) is 40.7 Å². The second kappa shape index (κ2) is 8.12. The van der Waals surface area contributed by atoms with Crippen molar-refractivity contribution in [1.29, 1.82) is 0 Å². The fourth-order valence-electron chi connectivity index (χ4n) is 3.75. The normalized spacial score (nSPS) is 18.3. The number of para-hydroxylation sites is 1. The van der Waals surface area contributed by atoms with Gasteiger partial charge in [-0.05, 0) is 30.7 Å². The number of anilines is 2. The molecular weight excluding hydrogens is 478 g/mol. The summed E-state index contributed by atoms with van der Waals surface area (Å²) in [5.41, 5.74) is 1.94. The quantitative estimate of drug-likeness (QED) is 0.370. The molecule has 0 radical (unpaired) electrons.